The van der Waals surface area contributed by atoms with Crippen LogP contribution in [0.25, 0.3) is 0 Å². The van der Waals surface area contributed by atoms with Gasteiger partial charge in [0.2, 0.25) is 0 Å². The van der Waals surface area contributed by atoms with Gasteiger partial charge < -0.3 is 20.1 Å². The Morgan fingerprint density at radius 2 is 1.89 bits per heavy atom. The Bertz CT molecular complexity index is 689. The van der Waals surface area contributed by atoms with E-state index in [1.54, 1.807) is 18.4 Å². The van der Waals surface area contributed by atoms with Crippen molar-refractivity contribution in [2.75, 3.05) is 26.8 Å². The highest BCUT2D eigenvalue weighted by Crippen LogP contribution is 2.18. The van der Waals surface area contributed by atoms with E-state index in [1.165, 1.54) is 0 Å². The largest absolute Gasteiger partial charge is 0.497 e. The normalized spacial score (nSPS) is 11.1. The number of benzene rings is 1. The van der Waals surface area contributed by atoms with Crippen molar-refractivity contribution >= 4 is 41.3 Å². The second-order valence-corrected chi connectivity index (χ2v) is 6.91. The highest BCUT2D eigenvalue weighted by Gasteiger charge is 2.05. The van der Waals surface area contributed by atoms with Gasteiger partial charge in [-0.2, -0.15) is 0 Å². The van der Waals surface area contributed by atoms with E-state index in [-0.39, 0.29) is 24.0 Å². The monoisotopic (exact) mass is 504 g/mol. The third-order valence-corrected chi connectivity index (χ3v) is 4.45. The zero-order valence-corrected chi connectivity index (χ0v) is 19.5. The molecule has 0 aliphatic rings. The van der Waals surface area contributed by atoms with Gasteiger partial charge in [0.15, 0.2) is 5.96 Å². The molecule has 0 bridgehead atoms. The molecule has 0 aliphatic carbocycles. The van der Waals surface area contributed by atoms with Gasteiger partial charge in [0.05, 0.1) is 25.9 Å². The second kappa shape index (κ2) is 12.8. The van der Waals surface area contributed by atoms with E-state index in [9.17, 15) is 0 Å². The molecule has 150 valence electrons. The van der Waals surface area contributed by atoms with Crippen molar-refractivity contribution in [3.63, 3.8) is 0 Å². The van der Waals surface area contributed by atoms with Crippen LogP contribution in [-0.4, -0.2) is 37.7 Å². The number of hydrogen-bond acceptors (Lipinski definition) is 5. The Hall–Kier alpha value is -1.55. The molecular weight excluding hydrogens is 475 g/mol. The van der Waals surface area contributed by atoms with Crippen LogP contribution in [0.3, 0.4) is 0 Å². The first kappa shape index (κ1) is 23.5. The summed E-state index contributed by atoms with van der Waals surface area (Å²) in [6.07, 6.45) is 0. The Morgan fingerprint density at radius 1 is 1.19 bits per heavy atom. The number of halogens is 1. The Kier molecular flexibility index (Phi) is 11.1. The van der Waals surface area contributed by atoms with Crippen molar-refractivity contribution in [2.24, 2.45) is 4.99 Å². The maximum Gasteiger partial charge on any atom is 0.191 e. The quantitative estimate of drug-likeness (QED) is 0.234. The summed E-state index contributed by atoms with van der Waals surface area (Å²) in [6.45, 7) is 8.93. The number of hydrogen-bond donors (Lipinski definition) is 2. The Morgan fingerprint density at radius 3 is 2.48 bits per heavy atom. The minimum Gasteiger partial charge on any atom is -0.497 e. The van der Waals surface area contributed by atoms with Crippen molar-refractivity contribution in [2.45, 2.75) is 33.2 Å². The Labute approximate surface area is 182 Å². The molecule has 0 saturated carbocycles. The summed E-state index contributed by atoms with van der Waals surface area (Å²) in [4.78, 5) is 9.21. The van der Waals surface area contributed by atoms with Crippen LogP contribution in [0, 0.1) is 0 Å². The van der Waals surface area contributed by atoms with Crippen molar-refractivity contribution in [3.05, 3.63) is 40.3 Å². The molecule has 2 N–H and O–H groups in total. The minimum atomic E-state index is 0. The van der Waals surface area contributed by atoms with Gasteiger partial charge in [-0.1, -0.05) is 13.8 Å². The molecule has 0 spiro atoms. The fourth-order valence-corrected chi connectivity index (χ4v) is 3.04. The average molecular weight is 504 g/mol. The summed E-state index contributed by atoms with van der Waals surface area (Å²) >= 11 is 1.66. The molecule has 0 amide bonds. The molecule has 2 rings (SSSR count). The van der Waals surface area contributed by atoms with Crippen molar-refractivity contribution in [1.82, 2.24) is 15.6 Å². The molecule has 1 aromatic heterocycles. The van der Waals surface area contributed by atoms with Gasteiger partial charge in [-0.3, -0.25) is 0 Å². The SMILES string of the molecule is CCNC(=NCc1nc(C(C)C)cs1)NCCOc1ccc(OC)cc1.I. The fraction of sp³-hybridized carbons (Fsp3) is 0.474. The molecular formula is C19H29IN4O2S. The Balaban J connectivity index is 0.00000364. The van der Waals surface area contributed by atoms with Crippen molar-refractivity contribution in [3.8, 4) is 11.5 Å². The number of nitrogens with one attached hydrogen (secondary N) is 2. The van der Waals surface area contributed by atoms with Crippen LogP contribution in [0.2, 0.25) is 0 Å². The molecule has 0 unspecified atom stereocenters. The third-order valence-electron chi connectivity index (χ3n) is 3.60. The second-order valence-electron chi connectivity index (χ2n) is 5.97. The number of nitrogens with zero attached hydrogens (tertiary/aromatic N) is 2. The number of aliphatic imine (C=N–C) groups is 1. The standard InChI is InChI=1S/C19H28N4O2S.HI/c1-5-20-19(22-12-18-23-17(13-26-18)14(2)3)21-10-11-25-16-8-6-15(24-4)7-9-16;/h6-9,13-14H,5,10-12H2,1-4H3,(H2,20,21,22);1H. The maximum absolute atomic E-state index is 5.72. The molecule has 0 atom stereocenters. The number of aromatic nitrogens is 1. The zero-order chi connectivity index (χ0) is 18.8. The zero-order valence-electron chi connectivity index (χ0n) is 16.3. The molecule has 0 radical (unpaired) electrons. The molecule has 8 heteroatoms. The number of guanidine groups is 1. The van der Waals surface area contributed by atoms with Crippen LogP contribution in [0.5, 0.6) is 11.5 Å². The predicted octanol–water partition coefficient (Wildman–Crippen LogP) is 4.03. The van der Waals surface area contributed by atoms with Gasteiger partial charge >= 0.3 is 0 Å². The van der Waals surface area contributed by atoms with Crippen LogP contribution in [-0.2, 0) is 6.54 Å². The average Bonchev–Trinajstić information content (AvgIpc) is 3.13. The van der Waals surface area contributed by atoms with E-state index in [0.29, 0.717) is 25.6 Å². The summed E-state index contributed by atoms with van der Waals surface area (Å²) in [6, 6.07) is 7.56. The molecule has 0 fully saturated rings. The minimum absolute atomic E-state index is 0. The number of ether oxygens (including phenoxy) is 2. The van der Waals surface area contributed by atoms with E-state index >= 15 is 0 Å². The lowest BCUT2D eigenvalue weighted by atomic mass is 10.2. The molecule has 0 saturated heterocycles. The molecule has 27 heavy (non-hydrogen) atoms. The van der Waals surface area contributed by atoms with Gasteiger partial charge in [0.1, 0.15) is 23.1 Å². The fourth-order valence-electron chi connectivity index (χ4n) is 2.16. The molecule has 1 heterocycles. The first-order chi connectivity index (χ1) is 12.6. The summed E-state index contributed by atoms with van der Waals surface area (Å²) in [7, 11) is 1.65. The molecule has 0 aliphatic heterocycles. The van der Waals surface area contributed by atoms with E-state index in [4.69, 9.17) is 9.47 Å². The highest BCUT2D eigenvalue weighted by atomic mass is 127. The van der Waals surface area contributed by atoms with Gasteiger partial charge in [-0.15, -0.1) is 35.3 Å². The van der Waals surface area contributed by atoms with Crippen LogP contribution in [0.1, 0.15) is 37.4 Å². The number of thiazole rings is 1. The summed E-state index contributed by atoms with van der Waals surface area (Å²) in [5.74, 6) is 2.86. The molecule has 1 aromatic carbocycles. The lowest BCUT2D eigenvalue weighted by molar-refractivity contribution is 0.321. The summed E-state index contributed by atoms with van der Waals surface area (Å²) in [5, 5.41) is 9.66. The van der Waals surface area contributed by atoms with Gasteiger partial charge in [-0.05, 0) is 37.1 Å². The first-order valence-electron chi connectivity index (χ1n) is 8.85. The van der Waals surface area contributed by atoms with Crippen molar-refractivity contribution in [1.29, 1.82) is 0 Å². The van der Waals surface area contributed by atoms with Gasteiger partial charge in [0.25, 0.3) is 0 Å². The summed E-state index contributed by atoms with van der Waals surface area (Å²) < 4.78 is 10.9. The molecule has 6 nitrogen and oxygen atoms in total. The topological polar surface area (TPSA) is 67.8 Å². The van der Waals surface area contributed by atoms with Gasteiger partial charge in [-0.25, -0.2) is 9.98 Å². The number of rotatable bonds is 9. The lowest BCUT2D eigenvalue weighted by Crippen LogP contribution is -2.39. The molecule has 2 aromatic rings. The predicted molar refractivity (Wildman–Crippen MR) is 123 cm³/mol. The third kappa shape index (κ3) is 8.34. The smallest absolute Gasteiger partial charge is 0.191 e. The van der Waals surface area contributed by atoms with Gasteiger partial charge in [0, 0.05) is 11.9 Å². The van der Waals surface area contributed by atoms with Crippen LogP contribution in [0.15, 0.2) is 34.6 Å². The van der Waals surface area contributed by atoms with E-state index < -0.39 is 0 Å². The first-order valence-corrected chi connectivity index (χ1v) is 9.73. The highest BCUT2D eigenvalue weighted by molar-refractivity contribution is 14.0. The lowest BCUT2D eigenvalue weighted by Gasteiger charge is -2.12. The number of methoxy groups -OCH3 is 1. The van der Waals surface area contributed by atoms with Crippen molar-refractivity contribution < 1.29 is 9.47 Å². The van der Waals surface area contributed by atoms with Crippen LogP contribution >= 0.6 is 35.3 Å². The maximum atomic E-state index is 5.72. The van der Waals surface area contributed by atoms with E-state index in [1.807, 2.05) is 31.2 Å². The summed E-state index contributed by atoms with van der Waals surface area (Å²) in [5.41, 5.74) is 1.13. The van der Waals surface area contributed by atoms with E-state index in [0.717, 1.165) is 34.7 Å². The van der Waals surface area contributed by atoms with E-state index in [2.05, 4.69) is 39.8 Å². The van der Waals surface area contributed by atoms with Crippen LogP contribution < -0.4 is 20.1 Å². The van der Waals surface area contributed by atoms with Crippen LogP contribution in [0.4, 0.5) is 0 Å².